The number of carbonyl (C=O) groups excluding carboxylic acids is 1. The largest absolute Gasteiger partial charge is 0.399 e. The molecule has 1 aliphatic rings. The van der Waals surface area contributed by atoms with Crippen LogP contribution in [0.3, 0.4) is 0 Å². The van der Waals surface area contributed by atoms with Crippen LogP contribution in [0.25, 0.3) is 0 Å². The first kappa shape index (κ1) is 7.31. The first-order valence-corrected chi connectivity index (χ1v) is 3.86. The van der Waals surface area contributed by atoms with E-state index in [1.807, 2.05) is 0 Å². The molecule has 62 valence electrons. The predicted molar refractivity (Wildman–Crippen MR) is 46.7 cm³/mol. The second-order valence-corrected chi connectivity index (χ2v) is 3.08. The van der Waals surface area contributed by atoms with Crippen molar-refractivity contribution in [3.8, 4) is 0 Å². The van der Waals surface area contributed by atoms with Crippen molar-refractivity contribution in [2.24, 2.45) is 5.73 Å². The highest BCUT2D eigenvalue weighted by Crippen LogP contribution is 2.30. The molecule has 0 amide bonds. The Balaban J connectivity index is 2.60. The van der Waals surface area contributed by atoms with Gasteiger partial charge in [-0.05, 0) is 23.8 Å². The maximum atomic E-state index is 11.3. The molecule has 0 bridgehead atoms. The standard InChI is InChI=1S/C9H10N2O/c10-5-1-2-6-7(3-5)8(11)4-9(6)12/h1-3,8H,4,10-11H2/t8-/m1/s1. The number of rotatable bonds is 0. The molecule has 4 N–H and O–H groups in total. The van der Waals surface area contributed by atoms with E-state index in [1.54, 1.807) is 18.2 Å². The first-order chi connectivity index (χ1) is 5.68. The van der Waals surface area contributed by atoms with Crippen molar-refractivity contribution in [3.63, 3.8) is 0 Å². The number of nitrogens with two attached hydrogens (primary N) is 2. The number of benzene rings is 1. The molecule has 3 heteroatoms. The van der Waals surface area contributed by atoms with Gasteiger partial charge >= 0.3 is 0 Å². The van der Waals surface area contributed by atoms with Crippen LogP contribution in [0.1, 0.15) is 28.4 Å². The van der Waals surface area contributed by atoms with E-state index in [0.29, 0.717) is 12.1 Å². The lowest BCUT2D eigenvalue weighted by Gasteiger charge is -2.03. The van der Waals surface area contributed by atoms with Gasteiger partial charge in [0.2, 0.25) is 0 Å². The van der Waals surface area contributed by atoms with Gasteiger partial charge < -0.3 is 11.5 Å². The Bertz CT molecular complexity index is 346. The van der Waals surface area contributed by atoms with Gasteiger partial charge in [-0.2, -0.15) is 0 Å². The first-order valence-electron chi connectivity index (χ1n) is 3.86. The third kappa shape index (κ3) is 0.905. The lowest BCUT2D eigenvalue weighted by molar-refractivity contribution is 0.0989. The van der Waals surface area contributed by atoms with E-state index in [0.717, 1.165) is 11.1 Å². The van der Waals surface area contributed by atoms with E-state index in [4.69, 9.17) is 11.5 Å². The Hall–Kier alpha value is -1.35. The van der Waals surface area contributed by atoms with Gasteiger partial charge in [0.1, 0.15) is 0 Å². The van der Waals surface area contributed by atoms with Crippen LogP contribution in [0.15, 0.2) is 18.2 Å². The van der Waals surface area contributed by atoms with Crippen LogP contribution in [-0.4, -0.2) is 5.78 Å². The minimum atomic E-state index is -0.156. The Morgan fingerprint density at radius 3 is 2.92 bits per heavy atom. The zero-order valence-corrected chi connectivity index (χ0v) is 6.58. The second-order valence-electron chi connectivity index (χ2n) is 3.08. The highest BCUT2D eigenvalue weighted by molar-refractivity contribution is 6.01. The van der Waals surface area contributed by atoms with Crippen LogP contribution in [0.4, 0.5) is 5.69 Å². The van der Waals surface area contributed by atoms with Crippen molar-refractivity contribution >= 4 is 11.5 Å². The molecule has 1 atom stereocenters. The Morgan fingerprint density at radius 2 is 2.17 bits per heavy atom. The summed E-state index contributed by atoms with van der Waals surface area (Å²) in [7, 11) is 0. The maximum absolute atomic E-state index is 11.3. The molecule has 0 saturated heterocycles. The van der Waals surface area contributed by atoms with E-state index in [2.05, 4.69) is 0 Å². The van der Waals surface area contributed by atoms with Crippen LogP contribution in [0.2, 0.25) is 0 Å². The summed E-state index contributed by atoms with van der Waals surface area (Å²) in [6, 6.07) is 5.11. The topological polar surface area (TPSA) is 69.1 Å². The fourth-order valence-electron chi connectivity index (χ4n) is 1.56. The second kappa shape index (κ2) is 2.32. The molecule has 0 saturated carbocycles. The van der Waals surface area contributed by atoms with E-state index < -0.39 is 0 Å². The number of hydrogen-bond acceptors (Lipinski definition) is 3. The molecule has 1 aromatic carbocycles. The average molecular weight is 162 g/mol. The number of ketones is 1. The van der Waals surface area contributed by atoms with Gasteiger partial charge in [-0.1, -0.05) is 0 Å². The van der Waals surface area contributed by atoms with Crippen molar-refractivity contribution in [2.45, 2.75) is 12.5 Å². The lowest BCUT2D eigenvalue weighted by atomic mass is 10.1. The number of Topliss-reactive ketones (excluding diaryl/α,β-unsaturated/α-hetero) is 1. The summed E-state index contributed by atoms with van der Waals surface area (Å²) >= 11 is 0. The van der Waals surface area contributed by atoms with Crippen molar-refractivity contribution in [3.05, 3.63) is 29.3 Å². The highest BCUT2D eigenvalue weighted by Gasteiger charge is 2.25. The van der Waals surface area contributed by atoms with Crippen molar-refractivity contribution in [2.75, 3.05) is 5.73 Å². The Labute approximate surface area is 70.4 Å². The predicted octanol–water partition coefficient (Wildman–Crippen LogP) is 0.855. The molecule has 0 aromatic heterocycles. The third-order valence-corrected chi connectivity index (χ3v) is 2.18. The minimum Gasteiger partial charge on any atom is -0.399 e. The molecular formula is C9H10N2O. The summed E-state index contributed by atoms with van der Waals surface area (Å²) in [5.41, 5.74) is 13.6. The zero-order chi connectivity index (χ0) is 8.72. The monoisotopic (exact) mass is 162 g/mol. The van der Waals surface area contributed by atoms with Crippen molar-refractivity contribution in [1.82, 2.24) is 0 Å². The quantitative estimate of drug-likeness (QED) is 0.556. The average Bonchev–Trinajstić information content (AvgIpc) is 2.28. The molecule has 0 radical (unpaired) electrons. The fourth-order valence-corrected chi connectivity index (χ4v) is 1.56. The van der Waals surface area contributed by atoms with E-state index in [1.165, 1.54) is 0 Å². The summed E-state index contributed by atoms with van der Waals surface area (Å²) in [6.07, 6.45) is 0.415. The van der Waals surface area contributed by atoms with Crippen molar-refractivity contribution in [1.29, 1.82) is 0 Å². The normalized spacial score (nSPS) is 21.1. The maximum Gasteiger partial charge on any atom is 0.165 e. The number of carbonyl (C=O) groups is 1. The fraction of sp³-hybridized carbons (Fsp3) is 0.222. The molecule has 3 nitrogen and oxygen atoms in total. The molecule has 0 heterocycles. The van der Waals surface area contributed by atoms with E-state index in [9.17, 15) is 4.79 Å². The summed E-state index contributed by atoms with van der Waals surface area (Å²) < 4.78 is 0. The Kier molecular flexibility index (Phi) is 1.41. The van der Waals surface area contributed by atoms with Crippen molar-refractivity contribution < 1.29 is 4.79 Å². The summed E-state index contributed by atoms with van der Waals surface area (Å²) in [5, 5.41) is 0. The number of nitrogen functional groups attached to an aromatic ring is 1. The SMILES string of the molecule is Nc1ccc2c(c1)[C@H](N)CC2=O. The molecule has 1 aliphatic carbocycles. The van der Waals surface area contributed by atoms with Gasteiger partial charge in [0.25, 0.3) is 0 Å². The highest BCUT2D eigenvalue weighted by atomic mass is 16.1. The summed E-state index contributed by atoms with van der Waals surface area (Å²) in [6.45, 7) is 0. The molecule has 12 heavy (non-hydrogen) atoms. The smallest absolute Gasteiger partial charge is 0.165 e. The molecule has 0 unspecified atom stereocenters. The van der Waals surface area contributed by atoms with Crippen LogP contribution in [0, 0.1) is 0 Å². The van der Waals surface area contributed by atoms with Gasteiger partial charge in [-0.25, -0.2) is 0 Å². The summed E-state index contributed by atoms with van der Waals surface area (Å²) in [5.74, 6) is 0.123. The van der Waals surface area contributed by atoms with Gasteiger partial charge in [-0.3, -0.25) is 4.79 Å². The molecule has 0 fully saturated rings. The molecule has 1 aromatic rings. The van der Waals surface area contributed by atoms with E-state index in [-0.39, 0.29) is 11.8 Å². The number of hydrogen-bond donors (Lipinski definition) is 2. The van der Waals surface area contributed by atoms with E-state index >= 15 is 0 Å². The molecule has 0 spiro atoms. The third-order valence-electron chi connectivity index (χ3n) is 2.18. The number of anilines is 1. The van der Waals surface area contributed by atoms with Gasteiger partial charge in [-0.15, -0.1) is 0 Å². The minimum absolute atomic E-state index is 0.123. The van der Waals surface area contributed by atoms with Crippen LogP contribution >= 0.6 is 0 Å². The number of fused-ring (bicyclic) bond motifs is 1. The van der Waals surface area contributed by atoms with Crippen LogP contribution in [0.5, 0.6) is 0 Å². The van der Waals surface area contributed by atoms with Crippen LogP contribution < -0.4 is 11.5 Å². The molecule has 2 rings (SSSR count). The molecular weight excluding hydrogens is 152 g/mol. The van der Waals surface area contributed by atoms with Gasteiger partial charge in [0, 0.05) is 23.7 Å². The Morgan fingerprint density at radius 1 is 1.42 bits per heavy atom. The molecule has 0 aliphatic heterocycles. The van der Waals surface area contributed by atoms with Gasteiger partial charge in [0.05, 0.1) is 0 Å². The van der Waals surface area contributed by atoms with Gasteiger partial charge in [0.15, 0.2) is 5.78 Å². The summed E-state index contributed by atoms with van der Waals surface area (Å²) in [4.78, 5) is 11.3. The lowest BCUT2D eigenvalue weighted by Crippen LogP contribution is -2.05. The zero-order valence-electron chi connectivity index (χ0n) is 6.58. The van der Waals surface area contributed by atoms with Crippen LogP contribution in [-0.2, 0) is 0 Å².